The van der Waals surface area contributed by atoms with Crippen molar-refractivity contribution in [2.24, 2.45) is 0 Å². The van der Waals surface area contributed by atoms with Crippen LogP contribution in [0.4, 0.5) is 0 Å². The number of terminal acetylenes is 1. The lowest BCUT2D eigenvalue weighted by Crippen LogP contribution is -2.00. The van der Waals surface area contributed by atoms with E-state index in [2.05, 4.69) is 15.9 Å². The van der Waals surface area contributed by atoms with E-state index in [9.17, 15) is 0 Å². The van der Waals surface area contributed by atoms with Crippen LogP contribution in [0, 0.1) is 19.3 Å². The predicted octanol–water partition coefficient (Wildman–Crippen LogP) is 2.45. The summed E-state index contributed by atoms with van der Waals surface area (Å²) in [6.45, 7) is 1.83. The average Bonchev–Trinajstić information content (AvgIpc) is 2.47. The quantitative estimate of drug-likeness (QED) is 0.789. The molecule has 1 aromatic heterocycles. The molecule has 0 N–H and O–H groups in total. The van der Waals surface area contributed by atoms with Crippen LogP contribution in [-0.2, 0) is 0 Å². The fourth-order valence-electron chi connectivity index (χ4n) is 1.72. The van der Waals surface area contributed by atoms with Gasteiger partial charge in [0.25, 0.3) is 0 Å². The van der Waals surface area contributed by atoms with Crippen molar-refractivity contribution in [2.75, 3.05) is 14.2 Å². The zero-order valence-corrected chi connectivity index (χ0v) is 11.1. The van der Waals surface area contributed by atoms with Gasteiger partial charge in [-0.25, -0.2) is 9.97 Å². The lowest BCUT2D eigenvalue weighted by atomic mass is 10.1. The Balaban J connectivity index is 2.54. The van der Waals surface area contributed by atoms with Gasteiger partial charge in [0.15, 0.2) is 0 Å². The molecule has 0 saturated heterocycles. The van der Waals surface area contributed by atoms with Crippen LogP contribution in [0.5, 0.6) is 11.6 Å². The summed E-state index contributed by atoms with van der Waals surface area (Å²) in [4.78, 5) is 8.75. The Morgan fingerprint density at radius 1 is 1.05 bits per heavy atom. The normalized spacial score (nSPS) is 9.79. The second kappa shape index (κ2) is 5.40. The Labute approximate surface area is 112 Å². The molecule has 2 rings (SSSR count). The van der Waals surface area contributed by atoms with E-state index in [0.717, 1.165) is 11.3 Å². The van der Waals surface area contributed by atoms with Gasteiger partial charge >= 0.3 is 0 Å². The first-order valence-corrected chi connectivity index (χ1v) is 5.73. The summed E-state index contributed by atoms with van der Waals surface area (Å²) in [7, 11) is 3.17. The summed E-state index contributed by atoms with van der Waals surface area (Å²) in [5.74, 6) is 3.70. The molecule has 0 amide bonds. The van der Waals surface area contributed by atoms with Crippen LogP contribution < -0.4 is 9.47 Å². The highest BCUT2D eigenvalue weighted by molar-refractivity contribution is 5.65. The molecule has 0 aliphatic heterocycles. The maximum atomic E-state index is 5.38. The zero-order valence-electron chi connectivity index (χ0n) is 11.1. The van der Waals surface area contributed by atoms with Gasteiger partial charge in [-0.15, -0.1) is 6.42 Å². The summed E-state index contributed by atoms with van der Waals surface area (Å²) in [6, 6.07) is 7.53. The number of ether oxygens (including phenoxy) is 2. The maximum absolute atomic E-state index is 5.38. The van der Waals surface area contributed by atoms with Crippen molar-refractivity contribution < 1.29 is 9.47 Å². The molecule has 1 heterocycles. The third-order valence-corrected chi connectivity index (χ3v) is 2.73. The highest BCUT2D eigenvalue weighted by Crippen LogP contribution is 2.28. The lowest BCUT2D eigenvalue weighted by molar-refractivity contribution is 0.397. The molecular weight excluding hydrogens is 240 g/mol. The first kappa shape index (κ1) is 12.9. The average molecular weight is 254 g/mol. The van der Waals surface area contributed by atoms with Gasteiger partial charge in [-0.3, -0.25) is 0 Å². The molecule has 4 nitrogen and oxygen atoms in total. The Hall–Kier alpha value is -2.54. The van der Waals surface area contributed by atoms with E-state index in [0.29, 0.717) is 23.0 Å². The largest absolute Gasteiger partial charge is 0.497 e. The molecule has 0 atom stereocenters. The zero-order chi connectivity index (χ0) is 13.8. The van der Waals surface area contributed by atoms with Gasteiger partial charge in [-0.1, -0.05) is 0 Å². The number of rotatable bonds is 3. The number of aromatic nitrogens is 2. The molecule has 96 valence electrons. The fraction of sp³-hybridized carbons (Fsp3) is 0.200. The molecule has 4 heteroatoms. The third kappa shape index (κ3) is 2.50. The van der Waals surface area contributed by atoms with E-state index in [4.69, 9.17) is 15.9 Å². The highest BCUT2D eigenvalue weighted by atomic mass is 16.5. The van der Waals surface area contributed by atoms with Crippen LogP contribution >= 0.6 is 0 Å². The van der Waals surface area contributed by atoms with Crippen LogP contribution in [0.15, 0.2) is 24.3 Å². The standard InChI is InChI=1S/C15H14N2O2/c1-5-13-10(2)16-14(15(17-13)19-4)11-6-8-12(18-3)9-7-11/h1,6-9H,2-4H3. The molecular formula is C15H14N2O2. The van der Waals surface area contributed by atoms with Crippen molar-refractivity contribution in [1.82, 2.24) is 9.97 Å². The van der Waals surface area contributed by atoms with Crippen LogP contribution in [0.3, 0.4) is 0 Å². The number of methoxy groups -OCH3 is 2. The van der Waals surface area contributed by atoms with Gasteiger partial charge in [0.2, 0.25) is 5.88 Å². The molecule has 1 aromatic carbocycles. The first-order valence-electron chi connectivity index (χ1n) is 5.73. The number of hydrogen-bond donors (Lipinski definition) is 0. The third-order valence-electron chi connectivity index (χ3n) is 2.73. The van der Waals surface area contributed by atoms with E-state index in [1.54, 1.807) is 14.2 Å². The number of nitrogens with zero attached hydrogens (tertiary/aromatic N) is 2. The monoisotopic (exact) mass is 254 g/mol. The molecule has 0 saturated carbocycles. The van der Waals surface area contributed by atoms with Gasteiger partial charge in [-0.2, -0.15) is 0 Å². The van der Waals surface area contributed by atoms with E-state index >= 15 is 0 Å². The van der Waals surface area contributed by atoms with Crippen molar-refractivity contribution in [1.29, 1.82) is 0 Å². The fourth-order valence-corrected chi connectivity index (χ4v) is 1.72. The van der Waals surface area contributed by atoms with Crippen molar-refractivity contribution in [3.8, 4) is 35.2 Å². The van der Waals surface area contributed by atoms with Gasteiger partial charge in [0.1, 0.15) is 17.1 Å². The second-order valence-electron chi connectivity index (χ2n) is 3.89. The number of hydrogen-bond acceptors (Lipinski definition) is 4. The first-order chi connectivity index (χ1) is 9.19. The summed E-state index contributed by atoms with van der Waals surface area (Å²) >= 11 is 0. The minimum atomic E-state index is 0.420. The molecule has 19 heavy (non-hydrogen) atoms. The SMILES string of the molecule is C#Cc1nc(OC)c(-c2ccc(OC)cc2)nc1C. The Bertz CT molecular complexity index is 628. The van der Waals surface area contributed by atoms with Gasteiger partial charge in [-0.05, 0) is 37.1 Å². The molecule has 0 spiro atoms. The van der Waals surface area contributed by atoms with E-state index in [-0.39, 0.29) is 0 Å². The topological polar surface area (TPSA) is 44.2 Å². The van der Waals surface area contributed by atoms with Crippen LogP contribution in [0.25, 0.3) is 11.3 Å². The molecule has 0 aliphatic rings. The summed E-state index contributed by atoms with van der Waals surface area (Å²) < 4.78 is 10.4. The molecule has 0 radical (unpaired) electrons. The predicted molar refractivity (Wildman–Crippen MR) is 73.2 cm³/mol. The minimum absolute atomic E-state index is 0.420. The lowest BCUT2D eigenvalue weighted by Gasteiger charge is -2.09. The summed E-state index contributed by atoms with van der Waals surface area (Å²) in [5, 5.41) is 0. The summed E-state index contributed by atoms with van der Waals surface area (Å²) in [5.41, 5.74) is 2.77. The maximum Gasteiger partial charge on any atom is 0.241 e. The van der Waals surface area contributed by atoms with Crippen molar-refractivity contribution in [3.05, 3.63) is 35.7 Å². The van der Waals surface area contributed by atoms with Gasteiger partial charge in [0, 0.05) is 5.56 Å². The van der Waals surface area contributed by atoms with Crippen molar-refractivity contribution in [2.45, 2.75) is 6.92 Å². The Morgan fingerprint density at radius 3 is 2.26 bits per heavy atom. The van der Waals surface area contributed by atoms with Crippen molar-refractivity contribution >= 4 is 0 Å². The second-order valence-corrected chi connectivity index (χ2v) is 3.89. The molecule has 0 fully saturated rings. The van der Waals surface area contributed by atoms with Crippen LogP contribution in [0.1, 0.15) is 11.4 Å². The van der Waals surface area contributed by atoms with E-state index in [1.807, 2.05) is 31.2 Å². The van der Waals surface area contributed by atoms with E-state index < -0.39 is 0 Å². The number of aryl methyl sites for hydroxylation is 1. The Morgan fingerprint density at radius 2 is 1.74 bits per heavy atom. The van der Waals surface area contributed by atoms with E-state index in [1.165, 1.54) is 0 Å². The van der Waals surface area contributed by atoms with Gasteiger partial charge in [0.05, 0.1) is 19.9 Å². The minimum Gasteiger partial charge on any atom is -0.497 e. The Kier molecular flexibility index (Phi) is 3.67. The molecule has 2 aromatic rings. The highest BCUT2D eigenvalue weighted by Gasteiger charge is 2.12. The van der Waals surface area contributed by atoms with Gasteiger partial charge < -0.3 is 9.47 Å². The number of benzene rings is 1. The molecule has 0 unspecified atom stereocenters. The van der Waals surface area contributed by atoms with Crippen molar-refractivity contribution in [3.63, 3.8) is 0 Å². The summed E-state index contributed by atoms with van der Waals surface area (Å²) in [6.07, 6.45) is 5.38. The molecule has 0 bridgehead atoms. The van der Waals surface area contributed by atoms with Crippen LogP contribution in [0.2, 0.25) is 0 Å². The smallest absolute Gasteiger partial charge is 0.241 e. The molecule has 0 aliphatic carbocycles. The van der Waals surface area contributed by atoms with Crippen LogP contribution in [-0.4, -0.2) is 24.2 Å².